The number of aliphatic hydroxyl groups excluding tert-OH is 1. The Kier molecular flexibility index (Phi) is 3.45. The van der Waals surface area contributed by atoms with E-state index < -0.39 is 0 Å². The van der Waals surface area contributed by atoms with Gasteiger partial charge in [-0.15, -0.1) is 11.3 Å². The Morgan fingerprint density at radius 2 is 2.12 bits per heavy atom. The molecule has 0 bridgehead atoms. The first-order valence-electron chi connectivity index (χ1n) is 5.38. The average molecular weight is 249 g/mol. The molecule has 0 atom stereocenters. The third-order valence-corrected chi connectivity index (χ3v) is 3.75. The van der Waals surface area contributed by atoms with E-state index in [1.165, 1.54) is 0 Å². The Hall–Kier alpha value is -1.39. The zero-order valence-corrected chi connectivity index (χ0v) is 11.0. The van der Waals surface area contributed by atoms with Crippen molar-refractivity contribution in [2.75, 3.05) is 7.11 Å². The molecule has 2 rings (SSSR count). The van der Waals surface area contributed by atoms with Gasteiger partial charge in [0.25, 0.3) is 0 Å². The van der Waals surface area contributed by atoms with Crippen molar-refractivity contribution in [1.29, 1.82) is 0 Å². The lowest BCUT2D eigenvalue weighted by Crippen LogP contribution is -1.88. The van der Waals surface area contributed by atoms with Crippen LogP contribution in [0.25, 0.3) is 10.6 Å². The van der Waals surface area contributed by atoms with Crippen molar-refractivity contribution < 1.29 is 9.84 Å². The fourth-order valence-corrected chi connectivity index (χ4v) is 2.63. The normalized spacial score (nSPS) is 10.6. The van der Waals surface area contributed by atoms with Gasteiger partial charge in [0.2, 0.25) is 0 Å². The number of hydrogen-bond donors (Lipinski definition) is 1. The number of methoxy groups -OCH3 is 1. The second kappa shape index (κ2) is 4.85. The van der Waals surface area contributed by atoms with Gasteiger partial charge in [-0.05, 0) is 37.6 Å². The maximum absolute atomic E-state index is 9.14. The monoisotopic (exact) mass is 249 g/mol. The van der Waals surface area contributed by atoms with E-state index in [2.05, 4.69) is 11.1 Å². The highest BCUT2D eigenvalue weighted by Crippen LogP contribution is 2.30. The van der Waals surface area contributed by atoms with E-state index >= 15 is 0 Å². The third kappa shape index (κ3) is 2.33. The van der Waals surface area contributed by atoms with Crippen LogP contribution in [0, 0.1) is 13.8 Å². The fourth-order valence-electron chi connectivity index (χ4n) is 1.71. The fraction of sp³-hybridized carbons (Fsp3) is 0.308. The van der Waals surface area contributed by atoms with Crippen LogP contribution in [0.1, 0.15) is 16.1 Å². The van der Waals surface area contributed by atoms with Crippen LogP contribution in [0.15, 0.2) is 18.2 Å². The number of aryl methyl sites for hydroxylation is 2. The van der Waals surface area contributed by atoms with E-state index in [1.54, 1.807) is 18.4 Å². The quantitative estimate of drug-likeness (QED) is 0.909. The number of benzene rings is 1. The SMILES string of the molecule is COc1ccc(-c2nc(CO)c(C)s2)cc1C. The number of rotatable bonds is 3. The first kappa shape index (κ1) is 12.1. The van der Waals surface area contributed by atoms with Crippen LogP contribution in [-0.4, -0.2) is 17.2 Å². The molecular formula is C13H15NO2S. The van der Waals surface area contributed by atoms with E-state index in [0.29, 0.717) is 0 Å². The van der Waals surface area contributed by atoms with Gasteiger partial charge in [0.05, 0.1) is 19.4 Å². The van der Waals surface area contributed by atoms with Gasteiger partial charge in [-0.1, -0.05) is 0 Å². The van der Waals surface area contributed by atoms with Gasteiger partial charge in [-0.25, -0.2) is 4.98 Å². The molecule has 0 unspecified atom stereocenters. The third-order valence-electron chi connectivity index (χ3n) is 2.68. The number of ether oxygens (including phenoxy) is 1. The van der Waals surface area contributed by atoms with Crippen molar-refractivity contribution in [1.82, 2.24) is 4.98 Å². The Morgan fingerprint density at radius 3 is 2.65 bits per heavy atom. The molecule has 0 saturated heterocycles. The molecule has 1 heterocycles. The van der Waals surface area contributed by atoms with Crippen LogP contribution in [0.3, 0.4) is 0 Å². The molecule has 1 aromatic heterocycles. The first-order valence-corrected chi connectivity index (χ1v) is 6.19. The first-order chi connectivity index (χ1) is 8.15. The molecule has 0 saturated carbocycles. The predicted molar refractivity (Wildman–Crippen MR) is 69.5 cm³/mol. The highest BCUT2D eigenvalue weighted by molar-refractivity contribution is 7.15. The lowest BCUT2D eigenvalue weighted by atomic mass is 10.1. The summed E-state index contributed by atoms with van der Waals surface area (Å²) in [7, 11) is 1.67. The summed E-state index contributed by atoms with van der Waals surface area (Å²) in [5.74, 6) is 0.879. The molecule has 1 N–H and O–H groups in total. The van der Waals surface area contributed by atoms with Crippen molar-refractivity contribution in [3.63, 3.8) is 0 Å². The van der Waals surface area contributed by atoms with Crippen LogP contribution in [0.5, 0.6) is 5.75 Å². The summed E-state index contributed by atoms with van der Waals surface area (Å²) in [5, 5.41) is 10.1. The maximum atomic E-state index is 9.14. The Morgan fingerprint density at radius 1 is 1.35 bits per heavy atom. The number of hydrogen-bond acceptors (Lipinski definition) is 4. The van der Waals surface area contributed by atoms with E-state index in [9.17, 15) is 0 Å². The number of thiazole rings is 1. The number of aromatic nitrogens is 1. The molecule has 90 valence electrons. The molecule has 0 aliphatic rings. The molecule has 0 amide bonds. The van der Waals surface area contributed by atoms with Crippen LogP contribution in [0.4, 0.5) is 0 Å². The minimum absolute atomic E-state index is 0.00251. The molecule has 0 aliphatic carbocycles. The lowest BCUT2D eigenvalue weighted by Gasteiger charge is -2.05. The van der Waals surface area contributed by atoms with Crippen molar-refractivity contribution in [3.8, 4) is 16.3 Å². The summed E-state index contributed by atoms with van der Waals surface area (Å²) >= 11 is 1.60. The standard InChI is InChI=1S/C13H15NO2S/c1-8-6-10(4-5-12(8)16-3)13-14-11(7-15)9(2)17-13/h4-6,15H,7H2,1-3H3. The van der Waals surface area contributed by atoms with Crippen molar-refractivity contribution >= 4 is 11.3 Å². The Labute approximate surface area is 105 Å². The minimum atomic E-state index is -0.00251. The molecule has 0 spiro atoms. The molecule has 1 aromatic carbocycles. The van der Waals surface area contributed by atoms with E-state index in [4.69, 9.17) is 9.84 Å². The summed E-state index contributed by atoms with van der Waals surface area (Å²) in [6.45, 7) is 3.98. The molecule has 0 fully saturated rings. The highest BCUT2D eigenvalue weighted by Gasteiger charge is 2.09. The molecular weight excluding hydrogens is 234 g/mol. The van der Waals surface area contributed by atoms with Crippen LogP contribution < -0.4 is 4.74 Å². The zero-order valence-electron chi connectivity index (χ0n) is 10.2. The number of nitrogens with zero attached hydrogens (tertiary/aromatic N) is 1. The van der Waals surface area contributed by atoms with Crippen LogP contribution in [-0.2, 0) is 6.61 Å². The Bertz CT molecular complexity index is 534. The highest BCUT2D eigenvalue weighted by atomic mass is 32.1. The number of aliphatic hydroxyl groups is 1. The predicted octanol–water partition coefficient (Wildman–Crippen LogP) is 2.93. The van der Waals surface area contributed by atoms with Crippen LogP contribution in [0.2, 0.25) is 0 Å². The molecule has 4 heteroatoms. The summed E-state index contributed by atoms with van der Waals surface area (Å²) < 4.78 is 5.23. The van der Waals surface area contributed by atoms with Gasteiger partial charge in [0.1, 0.15) is 10.8 Å². The van der Waals surface area contributed by atoms with Gasteiger partial charge in [-0.3, -0.25) is 0 Å². The largest absolute Gasteiger partial charge is 0.496 e. The zero-order chi connectivity index (χ0) is 12.4. The molecule has 17 heavy (non-hydrogen) atoms. The molecule has 0 radical (unpaired) electrons. The van der Waals surface area contributed by atoms with Gasteiger partial charge in [-0.2, -0.15) is 0 Å². The van der Waals surface area contributed by atoms with E-state index in [0.717, 1.165) is 32.5 Å². The van der Waals surface area contributed by atoms with Gasteiger partial charge < -0.3 is 9.84 Å². The van der Waals surface area contributed by atoms with E-state index in [-0.39, 0.29) is 6.61 Å². The van der Waals surface area contributed by atoms with Crippen molar-refractivity contribution in [3.05, 3.63) is 34.3 Å². The van der Waals surface area contributed by atoms with Gasteiger partial charge in [0, 0.05) is 10.4 Å². The summed E-state index contributed by atoms with van der Waals surface area (Å²) in [6, 6.07) is 5.99. The molecule has 3 nitrogen and oxygen atoms in total. The Balaban J connectivity index is 2.42. The average Bonchev–Trinajstić information content (AvgIpc) is 2.70. The second-order valence-corrected chi connectivity index (χ2v) is 5.07. The summed E-state index contributed by atoms with van der Waals surface area (Å²) in [4.78, 5) is 5.49. The van der Waals surface area contributed by atoms with Crippen LogP contribution >= 0.6 is 11.3 Å². The minimum Gasteiger partial charge on any atom is -0.496 e. The maximum Gasteiger partial charge on any atom is 0.123 e. The van der Waals surface area contributed by atoms with Gasteiger partial charge in [0.15, 0.2) is 0 Å². The van der Waals surface area contributed by atoms with Crippen molar-refractivity contribution in [2.45, 2.75) is 20.5 Å². The summed E-state index contributed by atoms with van der Waals surface area (Å²) in [6.07, 6.45) is 0. The van der Waals surface area contributed by atoms with Crippen molar-refractivity contribution in [2.24, 2.45) is 0 Å². The molecule has 2 aromatic rings. The van der Waals surface area contributed by atoms with E-state index in [1.807, 2.05) is 26.0 Å². The summed E-state index contributed by atoms with van der Waals surface area (Å²) in [5.41, 5.74) is 2.91. The smallest absolute Gasteiger partial charge is 0.123 e. The second-order valence-electron chi connectivity index (χ2n) is 3.86. The topological polar surface area (TPSA) is 42.4 Å². The molecule has 0 aliphatic heterocycles. The van der Waals surface area contributed by atoms with Gasteiger partial charge >= 0.3 is 0 Å². The lowest BCUT2D eigenvalue weighted by molar-refractivity contribution is 0.277.